The van der Waals surface area contributed by atoms with Crippen LogP contribution in [0.5, 0.6) is 0 Å². The first kappa shape index (κ1) is 21.4. The molecule has 0 aliphatic rings. The van der Waals surface area contributed by atoms with E-state index in [9.17, 15) is 4.79 Å². The molecule has 0 saturated carbocycles. The third kappa shape index (κ3) is 4.65. The second-order valence-electron chi connectivity index (χ2n) is 8.03. The largest absolute Gasteiger partial charge is 0.357 e. The van der Waals surface area contributed by atoms with Crippen molar-refractivity contribution >= 4 is 22.9 Å². The molecule has 3 N–H and O–H groups in total. The Morgan fingerprint density at radius 3 is 2.62 bits per heavy atom. The van der Waals surface area contributed by atoms with Crippen LogP contribution in [0, 0.1) is 0 Å². The van der Waals surface area contributed by atoms with E-state index < -0.39 is 5.91 Å². The number of rotatable bonds is 7. The molecule has 0 fully saturated rings. The van der Waals surface area contributed by atoms with Crippen LogP contribution in [-0.2, 0) is 11.2 Å². The van der Waals surface area contributed by atoms with Crippen LogP contribution in [0.4, 0.5) is 0 Å². The normalized spacial score (nSPS) is 12.3. The number of carbonyl (C=O) groups is 1. The lowest BCUT2D eigenvalue weighted by atomic mass is 9.98. The fourth-order valence-electron chi connectivity index (χ4n) is 4.07. The molecule has 2 aromatic heterocycles. The molecular formula is C27H23N5O2. The monoisotopic (exact) mass is 449 g/mol. The molecular weight excluding hydrogens is 426 g/mol. The zero-order valence-electron chi connectivity index (χ0n) is 18.3. The number of aromatic nitrogens is 4. The zero-order chi connectivity index (χ0) is 23.3. The van der Waals surface area contributed by atoms with E-state index in [0.29, 0.717) is 12.1 Å². The molecule has 5 aromatic rings. The Balaban J connectivity index is 1.51. The number of benzene rings is 3. The van der Waals surface area contributed by atoms with Crippen molar-refractivity contribution in [1.82, 2.24) is 25.5 Å². The molecule has 7 heteroatoms. The van der Waals surface area contributed by atoms with Gasteiger partial charge >= 0.3 is 0 Å². The molecule has 3 aromatic carbocycles. The molecule has 1 unspecified atom stereocenters. The van der Waals surface area contributed by atoms with Gasteiger partial charge in [-0.05, 0) is 40.3 Å². The molecule has 2 heterocycles. The number of para-hydroxylation sites is 1. The van der Waals surface area contributed by atoms with Crippen LogP contribution in [0.2, 0.25) is 0 Å². The van der Waals surface area contributed by atoms with Crippen molar-refractivity contribution in [2.24, 2.45) is 0 Å². The van der Waals surface area contributed by atoms with Crippen LogP contribution in [0.1, 0.15) is 23.0 Å². The molecule has 1 amide bonds. The predicted octanol–water partition coefficient (Wildman–Crippen LogP) is 4.78. The zero-order valence-corrected chi connectivity index (χ0v) is 18.3. The molecule has 0 bridgehead atoms. The number of hydrogen-bond acceptors (Lipinski definition) is 4. The van der Waals surface area contributed by atoms with Crippen LogP contribution >= 0.6 is 0 Å². The van der Waals surface area contributed by atoms with Gasteiger partial charge in [-0.2, -0.15) is 0 Å². The Bertz CT molecular complexity index is 1420. The third-order valence-electron chi connectivity index (χ3n) is 5.74. The Morgan fingerprint density at radius 2 is 1.79 bits per heavy atom. The van der Waals surface area contributed by atoms with E-state index in [4.69, 9.17) is 5.21 Å². The molecule has 7 nitrogen and oxygen atoms in total. The Hall–Kier alpha value is -4.49. The Kier molecular flexibility index (Phi) is 6.01. The van der Waals surface area contributed by atoms with E-state index in [1.54, 1.807) is 16.4 Å². The first-order chi connectivity index (χ1) is 16.7. The number of hydroxylamine groups is 1. The summed E-state index contributed by atoms with van der Waals surface area (Å²) in [6, 6.07) is 28.9. The molecule has 34 heavy (non-hydrogen) atoms. The maximum absolute atomic E-state index is 11.3. The number of hydrogen-bond donors (Lipinski definition) is 3. The average Bonchev–Trinajstić information content (AvgIpc) is 3.54. The van der Waals surface area contributed by atoms with E-state index in [0.717, 1.165) is 27.7 Å². The molecule has 5 rings (SSSR count). The van der Waals surface area contributed by atoms with Gasteiger partial charge in [0.05, 0.1) is 12.2 Å². The van der Waals surface area contributed by atoms with E-state index in [1.807, 2.05) is 30.3 Å². The number of H-pyrrole nitrogens is 1. The van der Waals surface area contributed by atoms with Crippen molar-refractivity contribution in [2.45, 2.75) is 12.5 Å². The summed E-state index contributed by atoms with van der Waals surface area (Å²) in [5, 5.41) is 18.3. The van der Waals surface area contributed by atoms with Gasteiger partial charge in [0, 0.05) is 23.7 Å². The number of nitrogens with one attached hydrogen (secondary N) is 2. The SMILES string of the molecule is O=C(C=Cc1cn(C(Cc2cccc(-c3ccccc3)c2)c2cc3ccccc3[nH]2)nn1)NO. The summed E-state index contributed by atoms with van der Waals surface area (Å²) in [6.07, 6.45) is 5.19. The van der Waals surface area contributed by atoms with Gasteiger partial charge in [-0.1, -0.05) is 78.0 Å². The number of aromatic amines is 1. The highest BCUT2D eigenvalue weighted by atomic mass is 16.5. The highest BCUT2D eigenvalue weighted by Crippen LogP contribution is 2.28. The second kappa shape index (κ2) is 9.56. The summed E-state index contributed by atoms with van der Waals surface area (Å²) >= 11 is 0. The fourth-order valence-corrected chi connectivity index (χ4v) is 4.07. The number of amides is 1. The summed E-state index contributed by atoms with van der Waals surface area (Å²) in [5.41, 5.74) is 7.65. The maximum atomic E-state index is 11.3. The van der Waals surface area contributed by atoms with Crippen LogP contribution in [-0.4, -0.2) is 31.1 Å². The Labute approximate surface area is 196 Å². The second-order valence-corrected chi connectivity index (χ2v) is 8.03. The quantitative estimate of drug-likeness (QED) is 0.189. The van der Waals surface area contributed by atoms with Gasteiger partial charge < -0.3 is 4.98 Å². The lowest BCUT2D eigenvalue weighted by Crippen LogP contribution is -2.15. The van der Waals surface area contributed by atoms with Crippen LogP contribution in [0.3, 0.4) is 0 Å². The highest BCUT2D eigenvalue weighted by molar-refractivity contribution is 5.90. The summed E-state index contributed by atoms with van der Waals surface area (Å²) in [7, 11) is 0. The van der Waals surface area contributed by atoms with E-state index in [2.05, 4.69) is 69.9 Å². The van der Waals surface area contributed by atoms with Gasteiger partial charge in [0.2, 0.25) is 0 Å². The third-order valence-corrected chi connectivity index (χ3v) is 5.74. The highest BCUT2D eigenvalue weighted by Gasteiger charge is 2.19. The smallest absolute Gasteiger partial charge is 0.267 e. The van der Waals surface area contributed by atoms with E-state index in [-0.39, 0.29) is 6.04 Å². The van der Waals surface area contributed by atoms with Crippen molar-refractivity contribution < 1.29 is 10.0 Å². The molecule has 0 aliphatic heterocycles. The lowest BCUT2D eigenvalue weighted by Gasteiger charge is -2.16. The van der Waals surface area contributed by atoms with Gasteiger partial charge in [-0.15, -0.1) is 5.10 Å². The molecule has 1 atom stereocenters. The number of nitrogens with zero attached hydrogens (tertiary/aromatic N) is 3. The van der Waals surface area contributed by atoms with Gasteiger partial charge in [0.15, 0.2) is 0 Å². The average molecular weight is 450 g/mol. The number of carbonyl (C=O) groups excluding carboxylic acids is 1. The summed E-state index contributed by atoms with van der Waals surface area (Å²) in [4.78, 5) is 14.9. The molecule has 168 valence electrons. The molecule has 0 spiro atoms. The standard InChI is InChI=1S/C27H23N5O2/c33-27(30-34)14-13-23-18-32(31-29-23)26(25-17-22-10-4-5-12-24(22)28-25)16-19-7-6-11-21(15-19)20-8-2-1-3-9-20/h1-15,17-18,26,28,34H,16H2,(H,30,33). The molecule has 0 aliphatic carbocycles. The van der Waals surface area contributed by atoms with Gasteiger partial charge in [-0.3, -0.25) is 10.0 Å². The topological polar surface area (TPSA) is 95.8 Å². The lowest BCUT2D eigenvalue weighted by molar-refractivity contribution is -0.124. The fraction of sp³-hybridized carbons (Fsp3) is 0.0741. The van der Waals surface area contributed by atoms with Crippen molar-refractivity contribution in [2.75, 3.05) is 0 Å². The van der Waals surface area contributed by atoms with Crippen molar-refractivity contribution in [3.05, 3.63) is 114 Å². The van der Waals surface area contributed by atoms with Crippen LogP contribution < -0.4 is 5.48 Å². The van der Waals surface area contributed by atoms with Crippen molar-refractivity contribution in [1.29, 1.82) is 0 Å². The first-order valence-corrected chi connectivity index (χ1v) is 11.0. The van der Waals surface area contributed by atoms with Gasteiger partial charge in [0.1, 0.15) is 5.69 Å². The molecule has 0 saturated heterocycles. The van der Waals surface area contributed by atoms with E-state index in [1.165, 1.54) is 17.7 Å². The molecule has 0 radical (unpaired) electrons. The van der Waals surface area contributed by atoms with Crippen LogP contribution in [0.15, 0.2) is 97.2 Å². The van der Waals surface area contributed by atoms with Crippen LogP contribution in [0.25, 0.3) is 28.1 Å². The van der Waals surface area contributed by atoms with Crippen molar-refractivity contribution in [3.8, 4) is 11.1 Å². The van der Waals surface area contributed by atoms with Gasteiger partial charge in [0.25, 0.3) is 5.91 Å². The van der Waals surface area contributed by atoms with E-state index >= 15 is 0 Å². The minimum atomic E-state index is -0.626. The Morgan fingerprint density at radius 1 is 1.00 bits per heavy atom. The summed E-state index contributed by atoms with van der Waals surface area (Å²) in [5.74, 6) is -0.626. The summed E-state index contributed by atoms with van der Waals surface area (Å²) < 4.78 is 1.80. The predicted molar refractivity (Wildman–Crippen MR) is 131 cm³/mol. The summed E-state index contributed by atoms with van der Waals surface area (Å²) in [6.45, 7) is 0. The maximum Gasteiger partial charge on any atom is 0.267 e. The minimum absolute atomic E-state index is 0.139. The number of fused-ring (bicyclic) bond motifs is 1. The first-order valence-electron chi connectivity index (χ1n) is 11.0. The minimum Gasteiger partial charge on any atom is -0.357 e. The van der Waals surface area contributed by atoms with Crippen molar-refractivity contribution in [3.63, 3.8) is 0 Å². The van der Waals surface area contributed by atoms with Gasteiger partial charge in [-0.25, -0.2) is 10.2 Å².